The van der Waals surface area contributed by atoms with Crippen LogP contribution >= 0.6 is 0 Å². The number of ether oxygens (including phenoxy) is 2. The number of carbonyl (C=O) groups excluding carboxylic acids is 4. The summed E-state index contributed by atoms with van der Waals surface area (Å²) in [7, 11) is 4.85. The number of carbonyl (C=O) groups is 5. The lowest BCUT2D eigenvalue weighted by Gasteiger charge is -2.36. The highest BCUT2D eigenvalue weighted by atomic mass is 16.5. The second-order valence-corrected chi connectivity index (χ2v) is 12.4. The number of aromatic nitrogens is 2. The van der Waals surface area contributed by atoms with Crippen LogP contribution in [0.15, 0.2) is 48.5 Å². The zero-order chi connectivity index (χ0) is 35.6. The molecule has 1 spiro atoms. The Balaban J connectivity index is 0.000000324. The van der Waals surface area contributed by atoms with Gasteiger partial charge < -0.3 is 30.1 Å². The Kier molecular flexibility index (Phi) is 12.7. The van der Waals surface area contributed by atoms with Crippen molar-refractivity contribution in [2.75, 3.05) is 47.5 Å². The third kappa shape index (κ3) is 9.32. The molecule has 3 heterocycles. The van der Waals surface area contributed by atoms with E-state index >= 15 is 0 Å². The second kappa shape index (κ2) is 16.9. The molecular formula is C36H45N5O8. The number of aromatic carboxylic acids is 1. The zero-order valence-electron chi connectivity index (χ0n) is 28.5. The molecule has 1 aromatic heterocycles. The molecule has 2 aromatic carbocycles. The van der Waals surface area contributed by atoms with Gasteiger partial charge in [0.25, 0.3) is 17.7 Å². The molecule has 0 saturated carbocycles. The van der Waals surface area contributed by atoms with Gasteiger partial charge in [-0.25, -0.2) is 9.59 Å². The number of nitrogens with one attached hydrogen (secondary N) is 2. The number of rotatable bonds is 10. The molecule has 49 heavy (non-hydrogen) atoms. The highest BCUT2D eigenvalue weighted by molar-refractivity contribution is 5.97. The predicted molar refractivity (Wildman–Crippen MR) is 181 cm³/mol. The lowest BCUT2D eigenvalue weighted by Crippen LogP contribution is -2.40. The van der Waals surface area contributed by atoms with Crippen molar-refractivity contribution in [3.8, 4) is 0 Å². The largest absolute Gasteiger partial charge is 0.478 e. The second-order valence-electron chi connectivity index (χ2n) is 12.4. The first-order valence-corrected chi connectivity index (χ1v) is 16.5. The molecule has 3 N–H and O–H groups in total. The zero-order valence-corrected chi connectivity index (χ0v) is 28.5. The van der Waals surface area contributed by atoms with E-state index in [0.717, 1.165) is 56.6 Å². The van der Waals surface area contributed by atoms with E-state index in [1.54, 1.807) is 45.4 Å². The molecule has 0 aliphatic carbocycles. The van der Waals surface area contributed by atoms with Gasteiger partial charge in [-0.2, -0.15) is 5.10 Å². The van der Waals surface area contributed by atoms with Crippen molar-refractivity contribution in [2.24, 2.45) is 5.41 Å². The first-order chi connectivity index (χ1) is 23.5. The van der Waals surface area contributed by atoms with Crippen molar-refractivity contribution in [1.29, 1.82) is 0 Å². The predicted octanol–water partition coefficient (Wildman–Crippen LogP) is 3.61. The maximum Gasteiger partial charge on any atom is 0.338 e. The van der Waals surface area contributed by atoms with Crippen LogP contribution < -0.4 is 10.6 Å². The van der Waals surface area contributed by atoms with Crippen molar-refractivity contribution < 1.29 is 38.6 Å². The average molecular weight is 676 g/mol. The molecule has 2 aliphatic heterocycles. The van der Waals surface area contributed by atoms with Crippen LogP contribution in [-0.2, 0) is 28.9 Å². The SMILES string of the molecule is CCn1nc(CCCCOC(=O)c2ccc(C(=O)NC)cc2)c2c1C(=O)NCC1(CCOCC1)C2.CN(C)C(=O)c1ccc(C(=O)O)cc1. The number of amides is 3. The molecule has 0 unspecified atom stereocenters. The molecule has 0 radical (unpaired) electrons. The van der Waals surface area contributed by atoms with Crippen LogP contribution in [0.4, 0.5) is 0 Å². The van der Waals surface area contributed by atoms with Gasteiger partial charge in [0.2, 0.25) is 0 Å². The first-order valence-electron chi connectivity index (χ1n) is 16.5. The van der Waals surface area contributed by atoms with Crippen molar-refractivity contribution in [2.45, 2.75) is 52.0 Å². The minimum Gasteiger partial charge on any atom is -0.478 e. The Hall–Kier alpha value is -5.04. The lowest BCUT2D eigenvalue weighted by atomic mass is 9.75. The van der Waals surface area contributed by atoms with Crippen LogP contribution in [0, 0.1) is 5.41 Å². The minimum absolute atomic E-state index is 0.0262. The normalized spacial score (nSPS) is 14.7. The topological polar surface area (TPSA) is 169 Å². The van der Waals surface area contributed by atoms with Gasteiger partial charge in [-0.15, -0.1) is 0 Å². The summed E-state index contributed by atoms with van der Waals surface area (Å²) in [6.07, 6.45) is 4.93. The molecule has 3 aromatic rings. The average Bonchev–Trinajstić information content (AvgIpc) is 3.39. The number of benzene rings is 2. The number of esters is 1. The molecular weight excluding hydrogens is 630 g/mol. The Morgan fingerprint density at radius 2 is 1.59 bits per heavy atom. The molecule has 13 heteroatoms. The van der Waals surface area contributed by atoms with E-state index in [9.17, 15) is 24.0 Å². The van der Waals surface area contributed by atoms with E-state index in [0.29, 0.717) is 48.5 Å². The molecule has 3 amide bonds. The van der Waals surface area contributed by atoms with E-state index in [2.05, 4.69) is 10.6 Å². The van der Waals surface area contributed by atoms with Gasteiger partial charge in [0, 0.05) is 64.1 Å². The molecule has 2 aliphatic rings. The molecule has 5 rings (SSSR count). The number of hydrogen-bond acceptors (Lipinski definition) is 8. The summed E-state index contributed by atoms with van der Waals surface area (Å²) in [6, 6.07) is 12.2. The Morgan fingerprint density at radius 1 is 0.980 bits per heavy atom. The number of carboxylic acid groups (broad SMARTS) is 1. The van der Waals surface area contributed by atoms with Crippen molar-refractivity contribution in [1.82, 2.24) is 25.3 Å². The highest BCUT2D eigenvalue weighted by Gasteiger charge is 2.39. The summed E-state index contributed by atoms with van der Waals surface area (Å²) in [5.74, 6) is -1.78. The molecule has 0 bridgehead atoms. The van der Waals surface area contributed by atoms with Crippen LogP contribution in [0.3, 0.4) is 0 Å². The molecule has 262 valence electrons. The van der Waals surface area contributed by atoms with E-state index in [1.165, 1.54) is 29.2 Å². The molecule has 1 saturated heterocycles. The first kappa shape index (κ1) is 36.8. The van der Waals surface area contributed by atoms with E-state index in [-0.39, 0.29) is 28.7 Å². The number of hydrogen-bond donors (Lipinski definition) is 3. The maximum atomic E-state index is 12.9. The molecule has 0 atom stereocenters. The fourth-order valence-electron chi connectivity index (χ4n) is 5.92. The van der Waals surface area contributed by atoms with Gasteiger partial charge in [-0.3, -0.25) is 19.1 Å². The summed E-state index contributed by atoms with van der Waals surface area (Å²) < 4.78 is 12.8. The highest BCUT2D eigenvalue weighted by Crippen LogP contribution is 2.38. The van der Waals surface area contributed by atoms with Crippen LogP contribution in [0.1, 0.15) is 95.8 Å². The van der Waals surface area contributed by atoms with Crippen LogP contribution in [0.25, 0.3) is 0 Å². The monoisotopic (exact) mass is 675 g/mol. The summed E-state index contributed by atoms with van der Waals surface area (Å²) in [5.41, 5.74) is 4.33. The van der Waals surface area contributed by atoms with Crippen molar-refractivity contribution >= 4 is 29.7 Å². The van der Waals surface area contributed by atoms with E-state index < -0.39 is 11.9 Å². The number of carboxylic acids is 1. The van der Waals surface area contributed by atoms with Gasteiger partial charge in [0.05, 0.1) is 23.4 Å². The summed E-state index contributed by atoms with van der Waals surface area (Å²) in [5, 5.41) is 19.1. The van der Waals surface area contributed by atoms with E-state index in [1.807, 2.05) is 11.6 Å². The molecule has 1 fully saturated rings. The fourth-order valence-corrected chi connectivity index (χ4v) is 5.92. The Morgan fingerprint density at radius 3 is 2.18 bits per heavy atom. The Labute approximate surface area is 285 Å². The quantitative estimate of drug-likeness (QED) is 0.215. The third-order valence-electron chi connectivity index (χ3n) is 8.81. The van der Waals surface area contributed by atoms with Crippen LogP contribution in [0.5, 0.6) is 0 Å². The fraction of sp³-hybridized carbons (Fsp3) is 0.444. The van der Waals surface area contributed by atoms with Gasteiger partial charge in [0.15, 0.2) is 0 Å². The number of aryl methyl sites for hydroxylation is 2. The number of unbranched alkanes of at least 4 members (excludes halogenated alkanes) is 1. The Bertz CT molecular complexity index is 1640. The van der Waals surface area contributed by atoms with Gasteiger partial charge >= 0.3 is 11.9 Å². The van der Waals surface area contributed by atoms with Crippen LogP contribution in [-0.4, -0.2) is 97.0 Å². The number of fused-ring (bicyclic) bond motifs is 1. The smallest absolute Gasteiger partial charge is 0.338 e. The maximum absolute atomic E-state index is 12.9. The van der Waals surface area contributed by atoms with Crippen molar-refractivity contribution in [3.05, 3.63) is 87.7 Å². The van der Waals surface area contributed by atoms with Gasteiger partial charge in [0.1, 0.15) is 5.69 Å². The summed E-state index contributed by atoms with van der Waals surface area (Å²) in [4.78, 5) is 60.2. The van der Waals surface area contributed by atoms with E-state index in [4.69, 9.17) is 19.7 Å². The van der Waals surface area contributed by atoms with Crippen LogP contribution in [0.2, 0.25) is 0 Å². The third-order valence-corrected chi connectivity index (χ3v) is 8.81. The molecule has 13 nitrogen and oxygen atoms in total. The lowest BCUT2D eigenvalue weighted by molar-refractivity contribution is 0.0160. The number of nitrogens with zero attached hydrogens (tertiary/aromatic N) is 3. The summed E-state index contributed by atoms with van der Waals surface area (Å²) >= 11 is 0. The van der Waals surface area contributed by atoms with Crippen molar-refractivity contribution in [3.63, 3.8) is 0 Å². The van der Waals surface area contributed by atoms with Gasteiger partial charge in [-0.05, 0) is 99.4 Å². The minimum atomic E-state index is -0.992. The summed E-state index contributed by atoms with van der Waals surface area (Å²) in [6.45, 7) is 5.06. The van der Waals surface area contributed by atoms with Gasteiger partial charge in [-0.1, -0.05) is 0 Å². The standard InChI is InChI=1S/C26H34N4O5.C10H11NO3/c1-3-30-22-20(16-26(17-28-24(22)32)11-14-34-15-12-26)21(29-30)6-4-5-13-35-25(33)19-9-7-18(8-10-19)23(31)27-2;1-11(2)9(12)7-3-5-8(6-4-7)10(13)14/h7-10H,3-6,11-17H2,1-2H3,(H,27,31)(H,28,32);3-6H,1-2H3,(H,13,14).